The largest absolute Gasteiger partial charge is 0.462 e. The molecule has 0 aromatic heterocycles. The minimum absolute atomic E-state index is 0.0262. The fraction of sp³-hybridized carbons (Fsp3) is 0.333. The van der Waals surface area contributed by atoms with Crippen LogP contribution in [-0.2, 0) is 29.6 Å². The van der Waals surface area contributed by atoms with Crippen LogP contribution in [0.5, 0.6) is 0 Å². The molecule has 0 spiro atoms. The van der Waals surface area contributed by atoms with Gasteiger partial charge in [0.1, 0.15) is 25.6 Å². The Balaban J connectivity index is 3.40. The average molecular weight is 335 g/mol. The van der Waals surface area contributed by atoms with Gasteiger partial charge >= 0.3 is 5.97 Å². The Morgan fingerprint density at radius 3 is 2.23 bits per heavy atom. The Morgan fingerprint density at radius 2 is 1.77 bits per heavy atom. The molecule has 120 valence electrons. The monoisotopic (exact) mass is 334 g/mol. The number of carbonyl (C=O) groups excluding carboxylic acids is 2. The number of esters is 1. The number of benzene rings is 1. The van der Waals surface area contributed by atoms with Crippen molar-refractivity contribution in [3.05, 3.63) is 45.5 Å². The number of hydrogen-bond donors (Lipinski definition) is 0. The second-order valence-electron chi connectivity index (χ2n) is 4.28. The first-order valence-electron chi connectivity index (χ1n) is 6.34. The van der Waals surface area contributed by atoms with E-state index < -0.39 is 37.3 Å². The number of halogens is 4. The van der Waals surface area contributed by atoms with Gasteiger partial charge in [-0.2, -0.15) is 0 Å². The molecule has 7 heteroatoms. The van der Waals surface area contributed by atoms with Gasteiger partial charge in [0.2, 0.25) is 0 Å². The van der Waals surface area contributed by atoms with Gasteiger partial charge in [0.25, 0.3) is 0 Å². The van der Waals surface area contributed by atoms with Gasteiger partial charge in [-0.15, -0.1) is 0 Å². The maximum Gasteiger partial charge on any atom is 0.341 e. The lowest BCUT2D eigenvalue weighted by molar-refractivity contribution is -0.138. The first-order valence-corrected chi connectivity index (χ1v) is 6.72. The zero-order chi connectivity index (χ0) is 16.9. The molecule has 0 unspecified atom stereocenters. The third kappa shape index (κ3) is 3.50. The smallest absolute Gasteiger partial charge is 0.341 e. The number of ketones is 1. The van der Waals surface area contributed by atoms with E-state index >= 15 is 0 Å². The Kier molecular flexibility index (Phi) is 6.61. The number of rotatable bonds is 7. The first kappa shape index (κ1) is 18.2. The van der Waals surface area contributed by atoms with Crippen LogP contribution in [0.4, 0.5) is 13.2 Å². The Labute approximate surface area is 130 Å². The fourth-order valence-corrected chi connectivity index (χ4v) is 2.18. The molecular formula is C15H14ClF3O3. The van der Waals surface area contributed by atoms with E-state index in [2.05, 4.69) is 11.3 Å². The molecule has 0 radical (unpaired) electrons. The summed E-state index contributed by atoms with van der Waals surface area (Å²) < 4.78 is 43.7. The molecule has 0 amide bonds. The van der Waals surface area contributed by atoms with Crippen molar-refractivity contribution < 1.29 is 27.5 Å². The topological polar surface area (TPSA) is 43.4 Å². The minimum atomic E-state index is -1.17. The molecule has 0 atom stereocenters. The molecule has 1 rings (SSSR count). The first-order chi connectivity index (χ1) is 10.4. The molecular weight excluding hydrogens is 321 g/mol. The number of carbonyl (C=O) groups is 2. The van der Waals surface area contributed by atoms with Crippen LogP contribution in [-0.4, -0.2) is 18.4 Å². The van der Waals surface area contributed by atoms with Crippen LogP contribution in [0, 0.1) is 0 Å². The standard InChI is InChI=1S/C15H14ClF3O3/c1-3-22-15(21)8(2)14(20)10-4-9(5-17)11(6-18)13(16)12(10)7-19/h4H,2-3,5-7H2,1H3. The Hall–Kier alpha value is -1.82. The second-order valence-corrected chi connectivity index (χ2v) is 4.66. The summed E-state index contributed by atoms with van der Waals surface area (Å²) in [6, 6.07) is 0.989. The van der Waals surface area contributed by atoms with Gasteiger partial charge in [0.05, 0.1) is 11.6 Å². The van der Waals surface area contributed by atoms with E-state index in [4.69, 9.17) is 11.6 Å². The highest BCUT2D eigenvalue weighted by Crippen LogP contribution is 2.31. The lowest BCUT2D eigenvalue weighted by Crippen LogP contribution is -2.17. The lowest BCUT2D eigenvalue weighted by atomic mass is 9.94. The molecule has 0 fully saturated rings. The Bertz CT molecular complexity index is 615. The highest BCUT2D eigenvalue weighted by atomic mass is 35.5. The number of alkyl halides is 3. The summed E-state index contributed by atoms with van der Waals surface area (Å²) in [6.45, 7) is 1.50. The molecule has 0 bridgehead atoms. The molecule has 0 aliphatic carbocycles. The summed E-state index contributed by atoms with van der Waals surface area (Å²) in [5.41, 5.74) is -1.55. The molecule has 22 heavy (non-hydrogen) atoms. The van der Waals surface area contributed by atoms with Gasteiger partial charge in [-0.05, 0) is 18.6 Å². The van der Waals surface area contributed by atoms with Gasteiger partial charge in [0.15, 0.2) is 5.78 Å². The summed E-state index contributed by atoms with van der Waals surface area (Å²) in [5.74, 6) is -1.90. The predicted molar refractivity (Wildman–Crippen MR) is 76.0 cm³/mol. The molecule has 0 heterocycles. The average Bonchev–Trinajstić information content (AvgIpc) is 2.52. The third-order valence-electron chi connectivity index (χ3n) is 3.01. The van der Waals surface area contributed by atoms with Gasteiger partial charge < -0.3 is 4.74 Å². The molecule has 1 aromatic rings. The highest BCUT2D eigenvalue weighted by Gasteiger charge is 2.25. The molecule has 3 nitrogen and oxygen atoms in total. The SMILES string of the molecule is C=C(C(=O)OCC)C(=O)c1cc(CF)c(CF)c(Cl)c1CF. The van der Waals surface area contributed by atoms with E-state index in [1.54, 1.807) is 0 Å². The minimum Gasteiger partial charge on any atom is -0.462 e. The zero-order valence-electron chi connectivity index (χ0n) is 11.8. The van der Waals surface area contributed by atoms with Crippen LogP contribution in [0.3, 0.4) is 0 Å². The fourth-order valence-electron chi connectivity index (χ4n) is 1.86. The van der Waals surface area contributed by atoms with Gasteiger partial charge in [-0.25, -0.2) is 18.0 Å². The van der Waals surface area contributed by atoms with Crippen LogP contribution in [0.25, 0.3) is 0 Å². The van der Waals surface area contributed by atoms with Crippen molar-refractivity contribution >= 4 is 23.4 Å². The van der Waals surface area contributed by atoms with Crippen molar-refractivity contribution in [2.45, 2.75) is 26.9 Å². The second kappa shape index (κ2) is 7.98. The summed E-state index contributed by atoms with van der Waals surface area (Å²) in [7, 11) is 0. The third-order valence-corrected chi connectivity index (χ3v) is 3.47. The quantitative estimate of drug-likeness (QED) is 0.248. The van der Waals surface area contributed by atoms with Crippen molar-refractivity contribution in [2.75, 3.05) is 6.61 Å². The Morgan fingerprint density at radius 1 is 1.18 bits per heavy atom. The van der Waals surface area contributed by atoms with Crippen molar-refractivity contribution in [3.8, 4) is 0 Å². The van der Waals surface area contributed by atoms with Crippen LogP contribution < -0.4 is 0 Å². The summed E-state index contributed by atoms with van der Waals surface area (Å²) in [5, 5.41) is -0.361. The van der Waals surface area contributed by atoms with E-state index in [1.165, 1.54) is 6.92 Å². The van der Waals surface area contributed by atoms with Gasteiger partial charge in [-0.3, -0.25) is 4.79 Å². The molecule has 1 aromatic carbocycles. The lowest BCUT2D eigenvalue weighted by Gasteiger charge is -2.14. The van der Waals surface area contributed by atoms with E-state index in [0.717, 1.165) is 6.07 Å². The molecule has 0 aliphatic heterocycles. The zero-order valence-corrected chi connectivity index (χ0v) is 12.6. The van der Waals surface area contributed by atoms with Crippen LogP contribution in [0.1, 0.15) is 34.0 Å². The number of Topliss-reactive ketones (excluding diaryl/α,β-unsaturated/α-hetero) is 1. The predicted octanol–water partition coefficient (Wildman–Crippen LogP) is 4.05. The van der Waals surface area contributed by atoms with Crippen molar-refractivity contribution in [3.63, 3.8) is 0 Å². The van der Waals surface area contributed by atoms with Crippen molar-refractivity contribution in [1.29, 1.82) is 0 Å². The summed E-state index contributed by atoms with van der Waals surface area (Å²) in [4.78, 5) is 23.7. The van der Waals surface area contributed by atoms with Gasteiger partial charge in [0, 0.05) is 16.7 Å². The summed E-state index contributed by atoms with van der Waals surface area (Å²) in [6.07, 6.45) is 0. The van der Waals surface area contributed by atoms with Crippen molar-refractivity contribution in [1.82, 2.24) is 0 Å². The highest BCUT2D eigenvalue weighted by molar-refractivity contribution is 6.33. The van der Waals surface area contributed by atoms with E-state index in [1.807, 2.05) is 0 Å². The normalized spacial score (nSPS) is 10.4. The van der Waals surface area contributed by atoms with Crippen LogP contribution >= 0.6 is 11.6 Å². The van der Waals surface area contributed by atoms with Crippen LogP contribution in [0.2, 0.25) is 5.02 Å². The molecule has 0 saturated heterocycles. The molecule has 0 saturated carbocycles. The van der Waals surface area contributed by atoms with Crippen LogP contribution in [0.15, 0.2) is 18.2 Å². The molecule has 0 N–H and O–H groups in total. The van der Waals surface area contributed by atoms with E-state index in [-0.39, 0.29) is 33.9 Å². The summed E-state index contributed by atoms with van der Waals surface area (Å²) >= 11 is 5.84. The van der Waals surface area contributed by atoms with Gasteiger partial charge in [-0.1, -0.05) is 18.2 Å². The maximum absolute atomic E-state index is 13.2. The number of hydrogen-bond acceptors (Lipinski definition) is 3. The maximum atomic E-state index is 13.2. The van der Waals surface area contributed by atoms with E-state index in [0.29, 0.717) is 0 Å². The van der Waals surface area contributed by atoms with E-state index in [9.17, 15) is 22.8 Å². The number of ether oxygens (including phenoxy) is 1. The molecule has 0 aliphatic rings. The van der Waals surface area contributed by atoms with Crippen molar-refractivity contribution in [2.24, 2.45) is 0 Å².